The summed E-state index contributed by atoms with van der Waals surface area (Å²) in [6.45, 7) is 1.90. The van der Waals surface area contributed by atoms with Gasteiger partial charge >= 0.3 is 6.18 Å². The van der Waals surface area contributed by atoms with Gasteiger partial charge in [-0.05, 0) is 18.6 Å². The molecule has 0 atom stereocenters. The summed E-state index contributed by atoms with van der Waals surface area (Å²) in [4.78, 5) is 22.5. The zero-order valence-electron chi connectivity index (χ0n) is 14.0. The monoisotopic (exact) mass is 401 g/mol. The van der Waals surface area contributed by atoms with E-state index in [0.717, 1.165) is 6.07 Å². The van der Waals surface area contributed by atoms with Crippen molar-refractivity contribution in [3.8, 4) is 0 Å². The standard InChI is InChI=1S/C16H15ClF3N5O2/c17-12-10-13(14(25(26)27)9-11(12)16(18,19)20)23-5-2-6-24(8-7-23)15-21-3-1-4-22-15/h1,3-4,9-10H,2,5-8H2. The summed E-state index contributed by atoms with van der Waals surface area (Å²) < 4.78 is 39.1. The lowest BCUT2D eigenvalue weighted by Gasteiger charge is -2.24. The molecule has 0 spiro atoms. The zero-order valence-corrected chi connectivity index (χ0v) is 14.7. The van der Waals surface area contributed by atoms with Crippen LogP contribution in [-0.2, 0) is 6.18 Å². The Morgan fingerprint density at radius 1 is 1.07 bits per heavy atom. The van der Waals surface area contributed by atoms with Crippen molar-refractivity contribution in [2.24, 2.45) is 0 Å². The van der Waals surface area contributed by atoms with Gasteiger partial charge in [-0.25, -0.2) is 9.97 Å². The molecule has 0 radical (unpaired) electrons. The van der Waals surface area contributed by atoms with E-state index in [1.165, 1.54) is 0 Å². The van der Waals surface area contributed by atoms with E-state index in [0.29, 0.717) is 44.6 Å². The minimum Gasteiger partial charge on any atom is -0.364 e. The summed E-state index contributed by atoms with van der Waals surface area (Å²) >= 11 is 5.78. The second-order valence-corrected chi connectivity index (χ2v) is 6.36. The van der Waals surface area contributed by atoms with E-state index in [2.05, 4.69) is 9.97 Å². The maximum absolute atomic E-state index is 13.0. The fourth-order valence-corrected chi connectivity index (χ4v) is 3.25. The van der Waals surface area contributed by atoms with Crippen LogP contribution < -0.4 is 9.80 Å². The number of rotatable bonds is 3. The Morgan fingerprint density at radius 2 is 1.70 bits per heavy atom. The number of hydrogen-bond donors (Lipinski definition) is 0. The lowest BCUT2D eigenvalue weighted by atomic mass is 10.1. The topological polar surface area (TPSA) is 75.4 Å². The van der Waals surface area contributed by atoms with Crippen molar-refractivity contribution in [3.05, 3.63) is 51.3 Å². The molecule has 1 saturated heterocycles. The van der Waals surface area contributed by atoms with Crippen molar-refractivity contribution in [3.63, 3.8) is 0 Å². The molecule has 0 saturated carbocycles. The predicted molar refractivity (Wildman–Crippen MR) is 94.2 cm³/mol. The van der Waals surface area contributed by atoms with Crippen LogP contribution in [0.25, 0.3) is 0 Å². The molecule has 1 aliphatic heterocycles. The molecule has 0 bridgehead atoms. The van der Waals surface area contributed by atoms with E-state index in [4.69, 9.17) is 11.6 Å². The van der Waals surface area contributed by atoms with Crippen LogP contribution in [0.5, 0.6) is 0 Å². The summed E-state index contributed by atoms with van der Waals surface area (Å²) in [5, 5.41) is 10.8. The molecule has 1 aliphatic rings. The van der Waals surface area contributed by atoms with E-state index in [-0.39, 0.29) is 5.69 Å². The van der Waals surface area contributed by atoms with Crippen molar-refractivity contribution in [1.29, 1.82) is 0 Å². The highest BCUT2D eigenvalue weighted by Crippen LogP contribution is 2.41. The number of aromatic nitrogens is 2. The fourth-order valence-electron chi connectivity index (χ4n) is 2.98. The molecule has 27 heavy (non-hydrogen) atoms. The van der Waals surface area contributed by atoms with Crippen LogP contribution in [0.4, 0.5) is 30.5 Å². The quantitative estimate of drug-likeness (QED) is 0.575. The number of alkyl halides is 3. The first-order valence-corrected chi connectivity index (χ1v) is 8.47. The molecule has 11 heteroatoms. The molecule has 0 unspecified atom stereocenters. The summed E-state index contributed by atoms with van der Waals surface area (Å²) in [7, 11) is 0. The highest BCUT2D eigenvalue weighted by atomic mass is 35.5. The van der Waals surface area contributed by atoms with Gasteiger partial charge in [0.1, 0.15) is 5.69 Å². The van der Waals surface area contributed by atoms with Gasteiger partial charge < -0.3 is 9.80 Å². The summed E-state index contributed by atoms with van der Waals surface area (Å²) in [5.41, 5.74) is -1.75. The number of benzene rings is 1. The highest BCUT2D eigenvalue weighted by molar-refractivity contribution is 6.31. The Morgan fingerprint density at radius 3 is 2.33 bits per heavy atom. The van der Waals surface area contributed by atoms with Gasteiger partial charge in [-0.3, -0.25) is 10.1 Å². The van der Waals surface area contributed by atoms with Crippen molar-refractivity contribution < 1.29 is 18.1 Å². The molecule has 1 aromatic carbocycles. The van der Waals surface area contributed by atoms with Crippen LogP contribution in [0.3, 0.4) is 0 Å². The SMILES string of the molecule is O=[N+]([O-])c1cc(C(F)(F)F)c(Cl)cc1N1CCCN(c2ncccn2)CC1. The van der Waals surface area contributed by atoms with Crippen LogP contribution >= 0.6 is 11.6 Å². The highest BCUT2D eigenvalue weighted by Gasteiger charge is 2.37. The number of halogens is 4. The molecule has 0 N–H and O–H groups in total. The molecule has 7 nitrogen and oxygen atoms in total. The maximum Gasteiger partial charge on any atom is 0.418 e. The van der Waals surface area contributed by atoms with Gasteiger partial charge in [0.15, 0.2) is 0 Å². The Labute approximate surface area is 157 Å². The van der Waals surface area contributed by atoms with Gasteiger partial charge in [0.05, 0.1) is 15.5 Å². The third kappa shape index (κ3) is 4.21. The van der Waals surface area contributed by atoms with E-state index in [9.17, 15) is 23.3 Å². The molecule has 1 fully saturated rings. The number of nitrogens with zero attached hydrogens (tertiary/aromatic N) is 5. The van der Waals surface area contributed by atoms with Gasteiger partial charge in [-0.1, -0.05) is 11.6 Å². The Balaban J connectivity index is 1.89. The third-order valence-electron chi connectivity index (χ3n) is 4.24. The average Bonchev–Trinajstić information content (AvgIpc) is 2.87. The summed E-state index contributed by atoms with van der Waals surface area (Å²) in [6, 6.07) is 3.22. The smallest absolute Gasteiger partial charge is 0.364 e. The molecule has 3 rings (SSSR count). The molecule has 144 valence electrons. The first-order valence-electron chi connectivity index (χ1n) is 8.09. The average molecular weight is 402 g/mol. The largest absolute Gasteiger partial charge is 0.418 e. The Hall–Kier alpha value is -2.62. The van der Waals surface area contributed by atoms with E-state index < -0.39 is 27.4 Å². The van der Waals surface area contributed by atoms with Crippen LogP contribution in [0.15, 0.2) is 30.6 Å². The minimum absolute atomic E-state index is 0.0776. The molecule has 2 heterocycles. The lowest BCUT2D eigenvalue weighted by molar-refractivity contribution is -0.384. The molecular formula is C16H15ClF3N5O2. The number of nitro groups is 1. The second kappa shape index (κ2) is 7.55. The Bertz CT molecular complexity index is 835. The first kappa shape index (κ1) is 19.2. The van der Waals surface area contributed by atoms with Gasteiger partial charge in [-0.2, -0.15) is 13.2 Å². The van der Waals surface area contributed by atoms with E-state index in [1.807, 2.05) is 4.90 Å². The molecular weight excluding hydrogens is 387 g/mol. The number of anilines is 2. The maximum atomic E-state index is 13.0. The fraction of sp³-hybridized carbons (Fsp3) is 0.375. The zero-order chi connectivity index (χ0) is 19.6. The van der Waals surface area contributed by atoms with Crippen molar-refractivity contribution in [2.45, 2.75) is 12.6 Å². The van der Waals surface area contributed by atoms with Gasteiger partial charge in [0.2, 0.25) is 5.95 Å². The van der Waals surface area contributed by atoms with Crippen LogP contribution in [0, 0.1) is 10.1 Å². The van der Waals surface area contributed by atoms with E-state index in [1.54, 1.807) is 23.4 Å². The summed E-state index contributed by atoms with van der Waals surface area (Å²) in [5.74, 6) is 0.541. The second-order valence-electron chi connectivity index (χ2n) is 5.95. The van der Waals surface area contributed by atoms with E-state index >= 15 is 0 Å². The van der Waals surface area contributed by atoms with Gasteiger partial charge in [0, 0.05) is 44.6 Å². The summed E-state index contributed by atoms with van der Waals surface area (Å²) in [6.07, 6.45) is -0.897. The molecule has 0 amide bonds. The lowest BCUT2D eigenvalue weighted by Crippen LogP contribution is -2.32. The van der Waals surface area contributed by atoms with Crippen molar-refractivity contribution in [2.75, 3.05) is 36.0 Å². The predicted octanol–water partition coefficient (Wildman–Crippen LogP) is 3.77. The molecule has 1 aromatic heterocycles. The first-order chi connectivity index (χ1) is 12.8. The third-order valence-corrected chi connectivity index (χ3v) is 4.55. The van der Waals surface area contributed by atoms with Gasteiger partial charge in [0.25, 0.3) is 5.69 Å². The number of nitro benzene ring substituents is 1. The van der Waals surface area contributed by atoms with Crippen molar-refractivity contribution >= 4 is 28.9 Å². The van der Waals surface area contributed by atoms with Crippen LogP contribution in [0.2, 0.25) is 5.02 Å². The molecule has 2 aromatic rings. The van der Waals surface area contributed by atoms with Crippen molar-refractivity contribution in [1.82, 2.24) is 9.97 Å². The van der Waals surface area contributed by atoms with Gasteiger partial charge in [-0.15, -0.1) is 0 Å². The van der Waals surface area contributed by atoms with Crippen LogP contribution in [0.1, 0.15) is 12.0 Å². The minimum atomic E-state index is -4.76. The molecule has 0 aliphatic carbocycles. The Kier molecular flexibility index (Phi) is 5.36. The van der Waals surface area contributed by atoms with Crippen LogP contribution in [-0.4, -0.2) is 41.1 Å². The number of hydrogen-bond acceptors (Lipinski definition) is 6. The normalized spacial score (nSPS) is 15.6.